The number of benzene rings is 3. The highest BCUT2D eigenvalue weighted by Crippen LogP contribution is 2.18. The first-order valence-electron chi connectivity index (χ1n) is 12.3. The van der Waals surface area contributed by atoms with Crippen molar-refractivity contribution < 1.29 is 28.6 Å². The molecule has 4 rings (SSSR count). The molecule has 200 valence electrons. The number of methoxy groups -OCH3 is 1. The van der Waals surface area contributed by atoms with E-state index in [0.29, 0.717) is 17.0 Å². The molecule has 0 atom stereocenters. The molecule has 1 aromatic heterocycles. The minimum Gasteiger partial charge on any atom is -0.497 e. The second-order valence-corrected chi connectivity index (χ2v) is 8.42. The van der Waals surface area contributed by atoms with Gasteiger partial charge in [-0.3, -0.25) is 9.59 Å². The van der Waals surface area contributed by atoms with Crippen molar-refractivity contribution in [1.82, 2.24) is 15.0 Å². The van der Waals surface area contributed by atoms with Gasteiger partial charge in [0.15, 0.2) is 11.4 Å². The molecule has 0 saturated heterocycles. The zero-order valence-electron chi connectivity index (χ0n) is 21.6. The monoisotopic (exact) mass is 528 g/mol. The third kappa shape index (κ3) is 7.07. The fourth-order valence-electron chi connectivity index (χ4n) is 3.72. The van der Waals surface area contributed by atoms with Crippen LogP contribution in [0.5, 0.6) is 5.75 Å². The van der Waals surface area contributed by atoms with Gasteiger partial charge in [0.25, 0.3) is 0 Å². The number of esters is 2. The van der Waals surface area contributed by atoms with E-state index in [2.05, 4.69) is 15.6 Å². The predicted molar refractivity (Wildman–Crippen MR) is 143 cm³/mol. The summed E-state index contributed by atoms with van der Waals surface area (Å²) in [4.78, 5) is 38.1. The molecule has 0 aliphatic carbocycles. The number of carbonyl (C=O) groups is 3. The third-order valence-electron chi connectivity index (χ3n) is 5.74. The van der Waals surface area contributed by atoms with Gasteiger partial charge in [-0.05, 0) is 54.4 Å². The van der Waals surface area contributed by atoms with Crippen LogP contribution in [-0.2, 0) is 27.4 Å². The molecule has 1 heterocycles. The van der Waals surface area contributed by atoms with Crippen molar-refractivity contribution in [3.63, 3.8) is 0 Å². The van der Waals surface area contributed by atoms with Gasteiger partial charge >= 0.3 is 11.9 Å². The number of hydrogen-bond donors (Lipinski definition) is 1. The molecule has 3 aromatic carbocycles. The van der Waals surface area contributed by atoms with E-state index in [9.17, 15) is 14.4 Å². The topological polar surface area (TPSA) is 122 Å². The van der Waals surface area contributed by atoms with Gasteiger partial charge in [-0.15, -0.1) is 5.10 Å². The maximum Gasteiger partial charge on any atom is 0.359 e. The van der Waals surface area contributed by atoms with E-state index < -0.39 is 17.7 Å². The standard InChI is InChI=1S/C29H28N4O6/c1-3-38-29(36)27-26(31-32-33(27)18-20-9-15-24(37-2)16-10-20)28(35)22-11-13-23(14-12-22)30-17-25(34)39-19-21-7-5-4-6-8-21/h4-16,30H,3,17-19H2,1-2H3. The molecule has 0 aliphatic heterocycles. The van der Waals surface area contributed by atoms with Gasteiger partial charge in [-0.1, -0.05) is 47.7 Å². The van der Waals surface area contributed by atoms with Crippen LogP contribution in [0.2, 0.25) is 0 Å². The lowest BCUT2D eigenvalue weighted by molar-refractivity contribution is -0.142. The first-order valence-corrected chi connectivity index (χ1v) is 12.3. The molecule has 10 heteroatoms. The highest BCUT2D eigenvalue weighted by molar-refractivity contribution is 6.12. The van der Waals surface area contributed by atoms with Crippen LogP contribution >= 0.6 is 0 Å². The maximum atomic E-state index is 13.3. The van der Waals surface area contributed by atoms with E-state index >= 15 is 0 Å². The van der Waals surface area contributed by atoms with Gasteiger partial charge in [-0.25, -0.2) is 9.48 Å². The van der Waals surface area contributed by atoms with E-state index in [0.717, 1.165) is 11.1 Å². The summed E-state index contributed by atoms with van der Waals surface area (Å²) in [5.74, 6) is -0.882. The van der Waals surface area contributed by atoms with Gasteiger partial charge < -0.3 is 19.5 Å². The lowest BCUT2D eigenvalue weighted by Crippen LogP contribution is -2.18. The van der Waals surface area contributed by atoms with Crippen molar-refractivity contribution in [3.8, 4) is 5.75 Å². The number of ether oxygens (including phenoxy) is 3. The number of nitrogens with zero attached hydrogens (tertiary/aromatic N) is 3. The van der Waals surface area contributed by atoms with Crippen LogP contribution in [0.3, 0.4) is 0 Å². The molecule has 0 saturated carbocycles. The molecule has 0 unspecified atom stereocenters. The molecule has 10 nitrogen and oxygen atoms in total. The van der Waals surface area contributed by atoms with Crippen molar-refractivity contribution >= 4 is 23.4 Å². The SMILES string of the molecule is CCOC(=O)c1c(C(=O)c2ccc(NCC(=O)OCc3ccccc3)cc2)nnn1Cc1ccc(OC)cc1. The maximum absolute atomic E-state index is 13.3. The number of anilines is 1. The number of carbonyl (C=O) groups excluding carboxylic acids is 3. The van der Waals surface area contributed by atoms with Crippen LogP contribution in [0.1, 0.15) is 44.6 Å². The quantitative estimate of drug-likeness (QED) is 0.215. The summed E-state index contributed by atoms with van der Waals surface area (Å²) in [6.45, 7) is 2.18. The van der Waals surface area contributed by atoms with Crippen LogP contribution in [-0.4, -0.2) is 53.0 Å². The van der Waals surface area contributed by atoms with Crippen molar-refractivity contribution in [2.24, 2.45) is 0 Å². The van der Waals surface area contributed by atoms with Crippen molar-refractivity contribution in [3.05, 3.63) is 107 Å². The summed E-state index contributed by atoms with van der Waals surface area (Å²) in [6, 6.07) is 23.1. The summed E-state index contributed by atoms with van der Waals surface area (Å²) in [5, 5.41) is 11.0. The number of nitrogens with one attached hydrogen (secondary N) is 1. The zero-order valence-corrected chi connectivity index (χ0v) is 21.6. The zero-order chi connectivity index (χ0) is 27.6. The normalized spacial score (nSPS) is 10.5. The Kier molecular flexibility index (Phi) is 9.02. The van der Waals surface area contributed by atoms with Crippen LogP contribution in [0.4, 0.5) is 5.69 Å². The molecule has 39 heavy (non-hydrogen) atoms. The summed E-state index contributed by atoms with van der Waals surface area (Å²) in [5.41, 5.74) is 2.53. The van der Waals surface area contributed by atoms with E-state index in [1.54, 1.807) is 50.4 Å². The summed E-state index contributed by atoms with van der Waals surface area (Å²) >= 11 is 0. The van der Waals surface area contributed by atoms with Gasteiger partial charge in [0.2, 0.25) is 5.78 Å². The van der Waals surface area contributed by atoms with Gasteiger partial charge in [-0.2, -0.15) is 0 Å². The van der Waals surface area contributed by atoms with E-state index in [1.807, 2.05) is 42.5 Å². The first-order chi connectivity index (χ1) is 19.0. The lowest BCUT2D eigenvalue weighted by Gasteiger charge is -2.09. The highest BCUT2D eigenvalue weighted by atomic mass is 16.5. The summed E-state index contributed by atoms with van der Waals surface area (Å²) < 4.78 is 17.0. The average molecular weight is 529 g/mol. The average Bonchev–Trinajstić information content (AvgIpc) is 3.39. The molecule has 0 bridgehead atoms. The van der Waals surface area contributed by atoms with Crippen LogP contribution < -0.4 is 10.1 Å². The Labute approximate surface area is 225 Å². The molecule has 0 spiro atoms. The molecule has 0 amide bonds. The number of rotatable bonds is 12. The number of ketones is 1. The Balaban J connectivity index is 1.43. The fourth-order valence-corrected chi connectivity index (χ4v) is 3.72. The second kappa shape index (κ2) is 13.0. The Morgan fingerprint density at radius 2 is 1.59 bits per heavy atom. The van der Waals surface area contributed by atoms with Gasteiger partial charge in [0.05, 0.1) is 20.3 Å². The predicted octanol–water partition coefficient (Wildman–Crippen LogP) is 3.90. The molecule has 0 fully saturated rings. The van der Waals surface area contributed by atoms with Crippen molar-refractivity contribution in [1.29, 1.82) is 0 Å². The Hall–Kier alpha value is -4.99. The Morgan fingerprint density at radius 1 is 0.872 bits per heavy atom. The molecule has 0 aliphatic rings. The second-order valence-electron chi connectivity index (χ2n) is 8.42. The van der Waals surface area contributed by atoms with Crippen LogP contribution in [0.15, 0.2) is 78.9 Å². The van der Waals surface area contributed by atoms with E-state index in [1.165, 1.54) is 4.68 Å². The lowest BCUT2D eigenvalue weighted by atomic mass is 10.1. The Bertz CT molecular complexity index is 1420. The third-order valence-corrected chi connectivity index (χ3v) is 5.74. The smallest absolute Gasteiger partial charge is 0.359 e. The summed E-state index contributed by atoms with van der Waals surface area (Å²) in [7, 11) is 1.58. The fraction of sp³-hybridized carbons (Fsp3) is 0.207. The van der Waals surface area contributed by atoms with Crippen molar-refractivity contribution in [2.45, 2.75) is 20.1 Å². The molecular formula is C29H28N4O6. The molecule has 4 aromatic rings. The molecule has 0 radical (unpaired) electrons. The van der Waals surface area contributed by atoms with E-state index in [-0.39, 0.29) is 37.7 Å². The summed E-state index contributed by atoms with van der Waals surface area (Å²) in [6.07, 6.45) is 0. The Morgan fingerprint density at radius 3 is 2.26 bits per heavy atom. The molecular weight excluding hydrogens is 500 g/mol. The molecule has 1 N–H and O–H groups in total. The minimum absolute atomic E-state index is 0.0268. The number of hydrogen-bond acceptors (Lipinski definition) is 9. The van der Waals surface area contributed by atoms with E-state index in [4.69, 9.17) is 14.2 Å². The van der Waals surface area contributed by atoms with Crippen LogP contribution in [0.25, 0.3) is 0 Å². The number of aromatic nitrogens is 3. The first kappa shape index (κ1) is 27.1. The minimum atomic E-state index is -0.688. The largest absolute Gasteiger partial charge is 0.497 e. The van der Waals surface area contributed by atoms with Gasteiger partial charge in [0.1, 0.15) is 18.9 Å². The highest BCUT2D eigenvalue weighted by Gasteiger charge is 2.27. The van der Waals surface area contributed by atoms with Gasteiger partial charge in [0, 0.05) is 11.3 Å². The van der Waals surface area contributed by atoms with Crippen LogP contribution in [0, 0.1) is 0 Å². The van der Waals surface area contributed by atoms with Crippen molar-refractivity contribution in [2.75, 3.05) is 25.6 Å².